The molecule has 0 spiro atoms. The van der Waals surface area contributed by atoms with Crippen LogP contribution < -0.4 is 10.3 Å². The number of aromatic amines is 1. The average molecular weight is 356 g/mol. The third-order valence-electron chi connectivity index (χ3n) is 4.24. The zero-order valence-corrected chi connectivity index (χ0v) is 15.2. The highest BCUT2D eigenvalue weighted by Gasteiger charge is 2.17. The van der Waals surface area contributed by atoms with Gasteiger partial charge in [-0.05, 0) is 49.4 Å². The molecule has 0 unspecified atom stereocenters. The summed E-state index contributed by atoms with van der Waals surface area (Å²) in [4.78, 5) is 15.3. The molecule has 0 bridgehead atoms. The van der Waals surface area contributed by atoms with E-state index in [4.69, 9.17) is 0 Å². The normalized spacial score (nSPS) is 11.8. The Balaban J connectivity index is 1.92. The predicted octanol–water partition coefficient (Wildman–Crippen LogP) is 2.93. The lowest BCUT2D eigenvalue weighted by Gasteiger charge is -2.10. The maximum absolute atomic E-state index is 12.5. The molecule has 5 nitrogen and oxygen atoms in total. The van der Waals surface area contributed by atoms with Crippen LogP contribution in [0.2, 0.25) is 0 Å². The van der Waals surface area contributed by atoms with E-state index >= 15 is 0 Å². The lowest BCUT2D eigenvalue weighted by atomic mass is 10.1. The molecule has 0 saturated heterocycles. The number of aryl methyl sites for hydroxylation is 3. The van der Waals surface area contributed by atoms with Crippen LogP contribution in [0, 0.1) is 20.8 Å². The summed E-state index contributed by atoms with van der Waals surface area (Å²) in [5.41, 5.74) is 3.51. The van der Waals surface area contributed by atoms with Crippen molar-refractivity contribution in [3.05, 3.63) is 75.1 Å². The molecule has 3 rings (SSSR count). The summed E-state index contributed by atoms with van der Waals surface area (Å²) in [6.07, 6.45) is 0. The highest BCUT2D eigenvalue weighted by molar-refractivity contribution is 7.89. The van der Waals surface area contributed by atoms with Gasteiger partial charge in [-0.3, -0.25) is 4.79 Å². The quantitative estimate of drug-likeness (QED) is 0.754. The molecule has 2 aromatic carbocycles. The van der Waals surface area contributed by atoms with Crippen LogP contribution in [0.1, 0.15) is 22.3 Å². The van der Waals surface area contributed by atoms with Crippen molar-refractivity contribution in [2.45, 2.75) is 32.2 Å². The number of rotatable bonds is 4. The van der Waals surface area contributed by atoms with E-state index in [1.807, 2.05) is 38.1 Å². The summed E-state index contributed by atoms with van der Waals surface area (Å²) in [5, 5.41) is 0.875. The molecule has 1 heterocycles. The maximum Gasteiger partial charge on any atom is 0.252 e. The van der Waals surface area contributed by atoms with Gasteiger partial charge in [-0.15, -0.1) is 0 Å². The Morgan fingerprint density at radius 1 is 1.00 bits per heavy atom. The summed E-state index contributed by atoms with van der Waals surface area (Å²) in [6, 6.07) is 12.6. The van der Waals surface area contributed by atoms with Crippen molar-refractivity contribution >= 4 is 20.9 Å². The van der Waals surface area contributed by atoms with E-state index in [1.165, 1.54) is 0 Å². The van der Waals surface area contributed by atoms with Gasteiger partial charge in [-0.25, -0.2) is 13.1 Å². The SMILES string of the molecule is Cc1ccc(S(=O)(=O)NCc2cc3cccc(C)c3[nH]c2=O)c(C)c1. The number of aromatic nitrogens is 1. The topological polar surface area (TPSA) is 79.0 Å². The van der Waals surface area contributed by atoms with Gasteiger partial charge in [0.1, 0.15) is 0 Å². The smallest absolute Gasteiger partial charge is 0.252 e. The molecule has 0 radical (unpaired) electrons. The van der Waals surface area contributed by atoms with E-state index < -0.39 is 10.0 Å². The van der Waals surface area contributed by atoms with Crippen molar-refractivity contribution in [2.75, 3.05) is 0 Å². The van der Waals surface area contributed by atoms with Crippen LogP contribution in [0.3, 0.4) is 0 Å². The molecule has 0 saturated carbocycles. The lowest BCUT2D eigenvalue weighted by Crippen LogP contribution is -2.27. The van der Waals surface area contributed by atoms with Gasteiger partial charge < -0.3 is 4.98 Å². The molecule has 0 aliphatic carbocycles. The minimum Gasteiger partial charge on any atom is -0.321 e. The fourth-order valence-corrected chi connectivity index (χ4v) is 4.14. The van der Waals surface area contributed by atoms with Gasteiger partial charge in [0.15, 0.2) is 0 Å². The van der Waals surface area contributed by atoms with Crippen molar-refractivity contribution in [3.8, 4) is 0 Å². The average Bonchev–Trinajstić information content (AvgIpc) is 2.53. The fraction of sp³-hybridized carbons (Fsp3) is 0.211. The number of pyridine rings is 1. The first-order valence-electron chi connectivity index (χ1n) is 7.96. The molecule has 6 heteroatoms. The van der Waals surface area contributed by atoms with Crippen molar-refractivity contribution in [2.24, 2.45) is 0 Å². The molecule has 0 fully saturated rings. The van der Waals surface area contributed by atoms with Gasteiger partial charge in [0.05, 0.1) is 10.4 Å². The molecule has 2 N–H and O–H groups in total. The maximum atomic E-state index is 12.5. The molecule has 0 atom stereocenters. The monoisotopic (exact) mass is 356 g/mol. The first kappa shape index (κ1) is 17.4. The third kappa shape index (κ3) is 3.50. The van der Waals surface area contributed by atoms with Crippen molar-refractivity contribution in [1.29, 1.82) is 0 Å². The number of hydrogen-bond acceptors (Lipinski definition) is 3. The van der Waals surface area contributed by atoms with E-state index in [0.717, 1.165) is 22.0 Å². The minimum atomic E-state index is -3.69. The van der Waals surface area contributed by atoms with Gasteiger partial charge in [0.25, 0.3) is 5.56 Å². The van der Waals surface area contributed by atoms with Gasteiger partial charge in [0, 0.05) is 12.1 Å². The predicted molar refractivity (Wildman–Crippen MR) is 99.2 cm³/mol. The van der Waals surface area contributed by atoms with Gasteiger partial charge in [-0.1, -0.05) is 35.9 Å². The zero-order valence-electron chi connectivity index (χ0n) is 14.4. The summed E-state index contributed by atoms with van der Waals surface area (Å²) in [6.45, 7) is 5.52. The Kier molecular flexibility index (Phi) is 4.49. The third-order valence-corrected chi connectivity index (χ3v) is 5.80. The largest absolute Gasteiger partial charge is 0.321 e. The molecule has 0 aliphatic heterocycles. The summed E-state index contributed by atoms with van der Waals surface area (Å²) < 4.78 is 27.6. The molecular formula is C19H20N2O3S. The molecule has 130 valence electrons. The molecular weight excluding hydrogens is 336 g/mol. The number of benzene rings is 2. The number of fused-ring (bicyclic) bond motifs is 1. The van der Waals surface area contributed by atoms with E-state index in [0.29, 0.717) is 11.1 Å². The first-order valence-corrected chi connectivity index (χ1v) is 9.45. The van der Waals surface area contributed by atoms with Gasteiger partial charge in [0.2, 0.25) is 10.0 Å². The molecule has 1 aromatic heterocycles. The number of para-hydroxylation sites is 1. The summed E-state index contributed by atoms with van der Waals surface area (Å²) in [5.74, 6) is 0. The highest BCUT2D eigenvalue weighted by Crippen LogP contribution is 2.18. The van der Waals surface area contributed by atoms with Gasteiger partial charge in [-0.2, -0.15) is 0 Å². The Morgan fingerprint density at radius 3 is 2.48 bits per heavy atom. The highest BCUT2D eigenvalue weighted by atomic mass is 32.2. The van der Waals surface area contributed by atoms with Crippen LogP contribution in [0.4, 0.5) is 0 Å². The second-order valence-electron chi connectivity index (χ2n) is 6.26. The van der Waals surface area contributed by atoms with Crippen LogP contribution in [0.15, 0.2) is 52.2 Å². The van der Waals surface area contributed by atoms with Crippen LogP contribution >= 0.6 is 0 Å². The van der Waals surface area contributed by atoms with E-state index in [1.54, 1.807) is 25.1 Å². The number of H-pyrrole nitrogens is 1. The fourth-order valence-electron chi connectivity index (χ4n) is 2.91. The van der Waals surface area contributed by atoms with E-state index in [-0.39, 0.29) is 17.0 Å². The van der Waals surface area contributed by atoms with Crippen LogP contribution in [-0.2, 0) is 16.6 Å². The van der Waals surface area contributed by atoms with Gasteiger partial charge >= 0.3 is 0 Å². The zero-order chi connectivity index (χ0) is 18.2. The number of sulfonamides is 1. The molecule has 0 aliphatic rings. The Morgan fingerprint density at radius 2 is 1.76 bits per heavy atom. The molecule has 3 aromatic rings. The van der Waals surface area contributed by atoms with Crippen LogP contribution in [0.25, 0.3) is 10.9 Å². The Bertz CT molecular complexity index is 1120. The Hall–Kier alpha value is -2.44. The lowest BCUT2D eigenvalue weighted by molar-refractivity contribution is 0.580. The number of hydrogen-bond donors (Lipinski definition) is 2. The standard InChI is InChI=1S/C19H20N2O3S/c1-12-7-8-17(14(3)9-12)25(23,24)20-11-16-10-15-6-4-5-13(2)18(15)21-19(16)22/h4-10,20H,11H2,1-3H3,(H,21,22). The Labute approximate surface area is 146 Å². The van der Waals surface area contributed by atoms with E-state index in [2.05, 4.69) is 9.71 Å². The van der Waals surface area contributed by atoms with Crippen LogP contribution in [0.5, 0.6) is 0 Å². The first-order chi connectivity index (χ1) is 11.8. The van der Waals surface area contributed by atoms with Crippen molar-refractivity contribution < 1.29 is 8.42 Å². The van der Waals surface area contributed by atoms with E-state index in [9.17, 15) is 13.2 Å². The molecule has 25 heavy (non-hydrogen) atoms. The van der Waals surface area contributed by atoms with Crippen LogP contribution in [-0.4, -0.2) is 13.4 Å². The summed E-state index contributed by atoms with van der Waals surface area (Å²) in [7, 11) is -3.69. The minimum absolute atomic E-state index is 0.0606. The second-order valence-corrected chi connectivity index (χ2v) is 7.99. The van der Waals surface area contributed by atoms with Crippen molar-refractivity contribution in [1.82, 2.24) is 9.71 Å². The second kappa shape index (κ2) is 6.46. The number of nitrogens with one attached hydrogen (secondary N) is 2. The summed E-state index contributed by atoms with van der Waals surface area (Å²) >= 11 is 0. The van der Waals surface area contributed by atoms with Crippen molar-refractivity contribution in [3.63, 3.8) is 0 Å². The molecule has 0 amide bonds.